The number of hydrogen-bond donors (Lipinski definition) is 1. The van der Waals surface area contributed by atoms with Crippen molar-refractivity contribution >= 4 is 35.3 Å². The van der Waals surface area contributed by atoms with Gasteiger partial charge in [0.2, 0.25) is 0 Å². The van der Waals surface area contributed by atoms with Crippen LogP contribution < -0.4 is 10.1 Å². The molecule has 2 aromatic carbocycles. The molecule has 1 amide bonds. The molecule has 0 radical (unpaired) electrons. The number of thioether (sulfide) groups is 1. The summed E-state index contributed by atoms with van der Waals surface area (Å²) in [5.41, 5.74) is 4.13. The van der Waals surface area contributed by atoms with Gasteiger partial charge in [-0.15, -0.1) is 11.8 Å². The molecule has 0 fully saturated rings. The van der Waals surface area contributed by atoms with E-state index >= 15 is 0 Å². The molecule has 34 heavy (non-hydrogen) atoms. The molecular formula is C29H42N2O2S. The van der Waals surface area contributed by atoms with E-state index in [1.54, 1.807) is 18.0 Å². The van der Waals surface area contributed by atoms with Gasteiger partial charge in [-0.05, 0) is 73.1 Å². The lowest BCUT2D eigenvalue weighted by atomic mass is 9.76. The van der Waals surface area contributed by atoms with Crippen LogP contribution in [0.1, 0.15) is 85.8 Å². The molecule has 0 spiro atoms. The maximum Gasteiger partial charge on any atom is 0.265 e. The van der Waals surface area contributed by atoms with Crippen LogP contribution in [0.5, 0.6) is 5.75 Å². The van der Waals surface area contributed by atoms with Gasteiger partial charge in [-0.25, -0.2) is 0 Å². The Morgan fingerprint density at radius 3 is 2.29 bits per heavy atom. The Morgan fingerprint density at radius 2 is 1.74 bits per heavy atom. The highest BCUT2D eigenvalue weighted by Gasteiger charge is 2.29. The van der Waals surface area contributed by atoms with Crippen LogP contribution in [0.3, 0.4) is 0 Å². The zero-order valence-corrected chi connectivity index (χ0v) is 23.2. The molecule has 0 aliphatic rings. The van der Waals surface area contributed by atoms with E-state index in [4.69, 9.17) is 4.74 Å². The van der Waals surface area contributed by atoms with Crippen molar-refractivity contribution in [3.63, 3.8) is 0 Å². The predicted molar refractivity (Wildman–Crippen MR) is 148 cm³/mol. The van der Waals surface area contributed by atoms with Crippen molar-refractivity contribution in [3.05, 3.63) is 47.5 Å². The number of nitrogens with one attached hydrogen (secondary N) is 1. The normalized spacial score (nSPS) is 13.2. The number of carbonyl (C=O) groups excluding carboxylic acids is 1. The summed E-state index contributed by atoms with van der Waals surface area (Å²) in [4.78, 5) is 18.6. The topological polar surface area (TPSA) is 50.7 Å². The van der Waals surface area contributed by atoms with Gasteiger partial charge >= 0.3 is 0 Å². The van der Waals surface area contributed by atoms with Gasteiger partial charge in [0.1, 0.15) is 5.75 Å². The molecular weight excluding hydrogens is 440 g/mol. The number of carbonyl (C=O) groups is 1. The van der Waals surface area contributed by atoms with Crippen molar-refractivity contribution in [3.8, 4) is 5.75 Å². The highest BCUT2D eigenvalue weighted by molar-refractivity contribution is 7.98. The van der Waals surface area contributed by atoms with Gasteiger partial charge in [-0.1, -0.05) is 60.6 Å². The van der Waals surface area contributed by atoms with E-state index in [2.05, 4.69) is 70.1 Å². The molecule has 186 valence electrons. The largest absolute Gasteiger partial charge is 0.480 e. The van der Waals surface area contributed by atoms with E-state index in [1.165, 1.54) is 5.56 Å². The second-order valence-electron chi connectivity index (χ2n) is 9.96. The first kappa shape index (κ1) is 28.0. The Bertz CT molecular complexity index is 1010. The fourth-order valence-corrected chi connectivity index (χ4v) is 4.25. The van der Waals surface area contributed by atoms with E-state index in [1.807, 2.05) is 38.3 Å². The van der Waals surface area contributed by atoms with E-state index in [9.17, 15) is 4.79 Å². The minimum Gasteiger partial charge on any atom is -0.480 e. The molecule has 0 aliphatic heterocycles. The average Bonchev–Trinajstić information content (AvgIpc) is 2.83. The van der Waals surface area contributed by atoms with Gasteiger partial charge in [0, 0.05) is 22.4 Å². The Labute approximate surface area is 211 Å². The lowest BCUT2D eigenvalue weighted by Gasteiger charge is -2.31. The third kappa shape index (κ3) is 6.65. The van der Waals surface area contributed by atoms with E-state index in [0.29, 0.717) is 6.42 Å². The number of anilines is 1. The van der Waals surface area contributed by atoms with Gasteiger partial charge in [0.15, 0.2) is 6.10 Å². The molecule has 0 bridgehead atoms. The maximum absolute atomic E-state index is 13.2. The van der Waals surface area contributed by atoms with Gasteiger partial charge in [-0.3, -0.25) is 9.79 Å². The summed E-state index contributed by atoms with van der Waals surface area (Å²) >= 11 is 1.61. The molecule has 0 saturated heterocycles. The first-order valence-corrected chi connectivity index (χ1v) is 13.5. The van der Waals surface area contributed by atoms with Crippen LogP contribution in [0.2, 0.25) is 0 Å². The Hall–Kier alpha value is -2.27. The number of rotatable bonds is 11. The Morgan fingerprint density at radius 1 is 1.06 bits per heavy atom. The van der Waals surface area contributed by atoms with Crippen molar-refractivity contribution in [2.75, 3.05) is 11.6 Å². The third-order valence-electron chi connectivity index (χ3n) is 6.91. The minimum absolute atomic E-state index is 0.0627. The van der Waals surface area contributed by atoms with Crippen molar-refractivity contribution in [1.29, 1.82) is 0 Å². The smallest absolute Gasteiger partial charge is 0.265 e. The SMILES string of the molecule is CC=Nc1ccc(NC(=O)C(CC)Oc2ccc(C(C)(C)CC)cc2C(C)(C)CC)cc1SC. The van der Waals surface area contributed by atoms with Crippen LogP contribution in [0, 0.1) is 0 Å². The average molecular weight is 483 g/mol. The molecule has 4 nitrogen and oxygen atoms in total. The zero-order chi connectivity index (χ0) is 25.5. The number of nitrogens with zero attached hydrogens (tertiary/aromatic N) is 1. The predicted octanol–water partition coefficient (Wildman–Crippen LogP) is 8.30. The quantitative estimate of drug-likeness (QED) is 0.259. The summed E-state index contributed by atoms with van der Waals surface area (Å²) in [5, 5.41) is 3.05. The number of aliphatic imine (C=N–C) groups is 1. The highest BCUT2D eigenvalue weighted by Crippen LogP contribution is 2.39. The van der Waals surface area contributed by atoms with Gasteiger partial charge < -0.3 is 10.1 Å². The van der Waals surface area contributed by atoms with Crippen molar-refractivity contribution < 1.29 is 9.53 Å². The van der Waals surface area contributed by atoms with Crippen molar-refractivity contribution in [2.24, 2.45) is 4.99 Å². The van der Waals surface area contributed by atoms with Crippen LogP contribution in [-0.4, -0.2) is 24.5 Å². The van der Waals surface area contributed by atoms with Crippen LogP contribution in [0.4, 0.5) is 11.4 Å². The molecule has 1 N–H and O–H groups in total. The summed E-state index contributed by atoms with van der Waals surface area (Å²) in [6.07, 6.45) is 5.81. The standard InChI is InChI=1S/C29H42N2O2S/c1-10-24(27(32)31-21-15-16-23(30-13-4)26(19-21)34-9)33-25-17-14-20(28(5,6)11-2)18-22(25)29(7,8)12-3/h13-19,24H,10-12H2,1-9H3,(H,31,32). The molecule has 2 rings (SSSR count). The molecule has 5 heteroatoms. The number of benzene rings is 2. The first-order chi connectivity index (χ1) is 16.0. The Kier molecular flexibility index (Phi) is 9.81. The van der Waals surface area contributed by atoms with Crippen molar-refractivity contribution in [1.82, 2.24) is 0 Å². The Balaban J connectivity index is 2.34. The van der Waals surface area contributed by atoms with Crippen LogP contribution >= 0.6 is 11.8 Å². The lowest BCUT2D eigenvalue weighted by molar-refractivity contribution is -0.122. The van der Waals surface area contributed by atoms with Gasteiger partial charge in [0.05, 0.1) is 5.69 Å². The van der Waals surface area contributed by atoms with Gasteiger partial charge in [-0.2, -0.15) is 0 Å². The van der Waals surface area contributed by atoms with Crippen LogP contribution in [0.15, 0.2) is 46.3 Å². The summed E-state index contributed by atoms with van der Waals surface area (Å²) in [6.45, 7) is 17.3. The summed E-state index contributed by atoms with van der Waals surface area (Å²) in [6, 6.07) is 12.3. The third-order valence-corrected chi connectivity index (χ3v) is 7.67. The molecule has 1 atom stereocenters. The van der Waals surface area contributed by atoms with E-state index in [0.717, 1.165) is 40.4 Å². The number of amides is 1. The van der Waals surface area contributed by atoms with Crippen LogP contribution in [-0.2, 0) is 15.6 Å². The molecule has 1 unspecified atom stereocenters. The molecule has 0 saturated carbocycles. The van der Waals surface area contributed by atoms with E-state index < -0.39 is 6.10 Å². The monoisotopic (exact) mass is 482 g/mol. The second-order valence-corrected chi connectivity index (χ2v) is 10.8. The van der Waals surface area contributed by atoms with Crippen molar-refractivity contribution in [2.45, 2.75) is 96.5 Å². The molecule has 0 aliphatic carbocycles. The first-order valence-electron chi connectivity index (χ1n) is 12.3. The summed E-state index contributed by atoms with van der Waals surface area (Å²) < 4.78 is 6.40. The summed E-state index contributed by atoms with van der Waals surface area (Å²) in [5.74, 6) is 0.654. The zero-order valence-electron chi connectivity index (χ0n) is 22.4. The fraction of sp³-hybridized carbons (Fsp3) is 0.517. The second kappa shape index (κ2) is 11.9. The summed E-state index contributed by atoms with van der Waals surface area (Å²) in [7, 11) is 0. The highest BCUT2D eigenvalue weighted by atomic mass is 32.2. The molecule has 0 aromatic heterocycles. The molecule has 2 aromatic rings. The lowest BCUT2D eigenvalue weighted by Crippen LogP contribution is -2.33. The number of ether oxygens (including phenoxy) is 1. The fourth-order valence-electron chi connectivity index (χ4n) is 3.68. The maximum atomic E-state index is 13.2. The van der Waals surface area contributed by atoms with E-state index in [-0.39, 0.29) is 16.7 Å². The van der Waals surface area contributed by atoms with Gasteiger partial charge in [0.25, 0.3) is 5.91 Å². The van der Waals surface area contributed by atoms with Crippen LogP contribution in [0.25, 0.3) is 0 Å². The molecule has 0 heterocycles. The minimum atomic E-state index is -0.581. The number of hydrogen-bond acceptors (Lipinski definition) is 4.